The zero-order valence-corrected chi connectivity index (χ0v) is 24.9. The molecular weight excluding hydrogens is 591 g/mol. The number of halogens is 2. The summed E-state index contributed by atoms with van der Waals surface area (Å²) >= 11 is 0. The van der Waals surface area contributed by atoms with Gasteiger partial charge >= 0.3 is 16.3 Å². The predicted molar refractivity (Wildman–Crippen MR) is 165 cm³/mol. The number of amidine groups is 2. The van der Waals surface area contributed by atoms with Gasteiger partial charge in [0.1, 0.15) is 17.7 Å². The number of ether oxygens (including phenoxy) is 1. The number of aliphatic imine (C=N–C) groups is 1. The minimum Gasteiger partial charge on any atom is -0.490 e. The third-order valence-corrected chi connectivity index (χ3v) is 6.73. The Bertz CT molecular complexity index is 1490. The van der Waals surface area contributed by atoms with Crippen LogP contribution in [-0.4, -0.2) is 56.7 Å². The molecule has 11 nitrogen and oxygen atoms in total. The van der Waals surface area contributed by atoms with Gasteiger partial charge in [0.2, 0.25) is 0 Å². The summed E-state index contributed by atoms with van der Waals surface area (Å²) in [7, 11) is -4.32. The Morgan fingerprint density at radius 3 is 2.34 bits per heavy atom. The number of fused-ring (bicyclic) bond motifs is 1. The molecule has 0 aromatic heterocycles. The van der Waals surface area contributed by atoms with Gasteiger partial charge in [0.25, 0.3) is 0 Å². The lowest BCUT2D eigenvalue weighted by molar-refractivity contribution is -0.132. The molecule has 1 heterocycles. The fraction of sp³-hybridized carbons (Fsp3) is 0.296. The third-order valence-electron chi connectivity index (χ3n) is 6.31. The topological polar surface area (TPSA) is 173 Å². The lowest BCUT2D eigenvalue weighted by Crippen LogP contribution is -2.40. The van der Waals surface area contributed by atoms with Crippen molar-refractivity contribution in [2.45, 2.75) is 32.4 Å². The van der Waals surface area contributed by atoms with Crippen molar-refractivity contribution in [3.63, 3.8) is 0 Å². The molecule has 3 aromatic carbocycles. The van der Waals surface area contributed by atoms with Gasteiger partial charge in [0, 0.05) is 38.0 Å². The van der Waals surface area contributed by atoms with Gasteiger partial charge in [0.05, 0.1) is 18.1 Å². The molecule has 3 aromatic rings. The van der Waals surface area contributed by atoms with Gasteiger partial charge in [-0.25, -0.2) is 9.79 Å². The minimum atomic E-state index is -4.32. The van der Waals surface area contributed by atoms with Crippen LogP contribution in [0.25, 0.3) is 10.8 Å². The van der Waals surface area contributed by atoms with Crippen molar-refractivity contribution in [3.8, 4) is 5.75 Å². The molecule has 14 heteroatoms. The van der Waals surface area contributed by atoms with Crippen LogP contribution in [-0.2, 0) is 25.8 Å². The maximum Gasteiger partial charge on any atom is 0.382 e. The summed E-state index contributed by atoms with van der Waals surface area (Å²) in [5.74, 6) is 0.765. The first kappa shape index (κ1) is 33.8. The monoisotopic (exact) mass is 624 g/mol. The normalized spacial score (nSPS) is 14.1. The number of carbonyl (C=O) groups is 1. The molecule has 0 unspecified atom stereocenters. The van der Waals surface area contributed by atoms with Crippen molar-refractivity contribution >= 4 is 69.2 Å². The lowest BCUT2D eigenvalue weighted by Gasteiger charge is -2.32. The highest BCUT2D eigenvalue weighted by molar-refractivity contribution is 7.84. The number of nitrogens with one attached hydrogen (secondary N) is 2. The summed E-state index contributed by atoms with van der Waals surface area (Å²) in [4.78, 5) is 18.1. The first-order chi connectivity index (χ1) is 18.6. The number of benzene rings is 3. The average molecular weight is 626 g/mol. The van der Waals surface area contributed by atoms with E-state index in [1.54, 1.807) is 0 Å². The van der Waals surface area contributed by atoms with Gasteiger partial charge in [-0.05, 0) is 59.7 Å². The molecule has 1 aliphatic rings. The summed E-state index contributed by atoms with van der Waals surface area (Å²) in [6.45, 7) is 3.49. The quantitative estimate of drug-likeness (QED) is 0.207. The summed E-state index contributed by atoms with van der Waals surface area (Å²) in [5, 5.41) is 17.2. The van der Waals surface area contributed by atoms with Crippen molar-refractivity contribution in [2.24, 2.45) is 15.9 Å². The zero-order valence-electron chi connectivity index (χ0n) is 22.4. The number of carbonyl (C=O) groups excluding carboxylic acids is 1. The highest BCUT2D eigenvalue weighted by Crippen LogP contribution is 2.24. The highest BCUT2D eigenvalue weighted by atomic mass is 35.5. The SMILES string of the molecule is CC(=N)N1CCC(Oc2ccc(N=C(N)c3ccc4ccc(CNCC(=O)OS(N)(=O)=O)cc4c3)cc2)CC1.Cl.Cl. The van der Waals surface area contributed by atoms with E-state index in [4.69, 9.17) is 21.0 Å². The number of nitrogens with two attached hydrogens (primary N) is 2. The van der Waals surface area contributed by atoms with Crippen LogP contribution in [0.1, 0.15) is 30.9 Å². The fourth-order valence-corrected chi connectivity index (χ4v) is 4.66. The predicted octanol–water partition coefficient (Wildman–Crippen LogP) is 3.40. The highest BCUT2D eigenvalue weighted by Gasteiger charge is 2.20. The molecular formula is C27H34Cl2N6O5S. The van der Waals surface area contributed by atoms with Crippen molar-refractivity contribution in [1.29, 1.82) is 5.41 Å². The number of hydrogen-bond donors (Lipinski definition) is 4. The van der Waals surface area contributed by atoms with Crippen molar-refractivity contribution in [3.05, 3.63) is 71.8 Å². The van der Waals surface area contributed by atoms with Gasteiger partial charge in [-0.2, -0.15) is 13.6 Å². The second-order valence-corrected chi connectivity index (χ2v) is 10.5. The molecule has 0 amide bonds. The summed E-state index contributed by atoms with van der Waals surface area (Å²) < 4.78 is 31.8. The number of hydrogen-bond acceptors (Lipinski definition) is 8. The van der Waals surface area contributed by atoms with Crippen LogP contribution >= 0.6 is 24.8 Å². The van der Waals surface area contributed by atoms with E-state index in [0.717, 1.165) is 53.6 Å². The van der Waals surface area contributed by atoms with Crippen molar-refractivity contribution in [2.75, 3.05) is 19.6 Å². The Labute approximate surface area is 251 Å². The largest absolute Gasteiger partial charge is 0.490 e. The number of likely N-dealkylation sites (tertiary alicyclic amines) is 1. The van der Waals surface area contributed by atoms with Crippen LogP contribution in [0, 0.1) is 5.41 Å². The van der Waals surface area contributed by atoms with Crippen LogP contribution in [0.15, 0.2) is 65.7 Å². The fourth-order valence-electron chi connectivity index (χ4n) is 4.34. The van der Waals surface area contributed by atoms with E-state index >= 15 is 0 Å². The van der Waals surface area contributed by atoms with Crippen molar-refractivity contribution < 1.29 is 22.1 Å². The van der Waals surface area contributed by atoms with Gasteiger partial charge in [-0.1, -0.05) is 24.3 Å². The average Bonchev–Trinajstić information content (AvgIpc) is 2.88. The molecule has 0 atom stereocenters. The standard InChI is InChI=1S/C27H32N6O5S.2ClH/c1-18(28)33-12-10-25(11-13-33)37-24-8-6-23(7-9-24)32-27(29)21-5-4-20-3-2-19(14-22(20)15-21)16-31-17-26(34)38-39(30,35)36;;/h2-9,14-15,25,28,31H,10-13,16-17H2,1H3,(H2,29,32)(H2,30,35,36);2*1H. The lowest BCUT2D eigenvalue weighted by atomic mass is 10.0. The van der Waals surface area contributed by atoms with Crippen LogP contribution in [0.5, 0.6) is 5.75 Å². The Balaban J connectivity index is 0.00000294. The minimum absolute atomic E-state index is 0. The van der Waals surface area contributed by atoms with Gasteiger partial charge in [-0.15, -0.1) is 24.8 Å². The Morgan fingerprint density at radius 1 is 1.05 bits per heavy atom. The van der Waals surface area contributed by atoms with Gasteiger partial charge in [0.15, 0.2) is 0 Å². The van der Waals surface area contributed by atoms with Crippen LogP contribution in [0.4, 0.5) is 5.69 Å². The van der Waals surface area contributed by atoms with Gasteiger partial charge in [-0.3, -0.25) is 5.41 Å². The summed E-state index contributed by atoms with van der Waals surface area (Å²) in [6, 6.07) is 19.1. The second-order valence-electron chi connectivity index (χ2n) is 9.33. The van der Waals surface area contributed by atoms with Crippen LogP contribution in [0.3, 0.4) is 0 Å². The number of piperidine rings is 1. The smallest absolute Gasteiger partial charge is 0.382 e. The Morgan fingerprint density at radius 2 is 1.71 bits per heavy atom. The molecule has 1 saturated heterocycles. The maximum absolute atomic E-state index is 11.5. The molecule has 41 heavy (non-hydrogen) atoms. The molecule has 4 rings (SSSR count). The van der Waals surface area contributed by atoms with Crippen molar-refractivity contribution in [1.82, 2.24) is 10.2 Å². The first-order valence-corrected chi connectivity index (χ1v) is 13.9. The van der Waals surface area contributed by atoms with E-state index in [2.05, 4.69) is 19.4 Å². The van der Waals surface area contributed by atoms with E-state index in [1.807, 2.05) is 67.6 Å². The maximum atomic E-state index is 11.5. The summed E-state index contributed by atoms with van der Waals surface area (Å²) in [5.41, 5.74) is 8.67. The van der Waals surface area contributed by atoms with Gasteiger partial charge < -0.3 is 24.9 Å². The van der Waals surface area contributed by atoms with E-state index in [-0.39, 0.29) is 37.5 Å². The van der Waals surface area contributed by atoms with E-state index < -0.39 is 16.3 Å². The molecule has 0 saturated carbocycles. The van der Waals surface area contributed by atoms with Crippen LogP contribution in [0.2, 0.25) is 0 Å². The molecule has 6 N–H and O–H groups in total. The van der Waals surface area contributed by atoms with E-state index in [0.29, 0.717) is 23.9 Å². The number of nitrogens with zero attached hydrogens (tertiary/aromatic N) is 2. The third kappa shape index (κ3) is 10.2. The summed E-state index contributed by atoms with van der Waals surface area (Å²) in [6.07, 6.45) is 1.90. The first-order valence-electron chi connectivity index (χ1n) is 12.5. The molecule has 222 valence electrons. The Hall–Kier alpha value is -3.42. The second kappa shape index (κ2) is 15.0. The molecule has 1 fully saturated rings. The molecule has 0 aliphatic carbocycles. The number of rotatable bonds is 9. The van der Waals surface area contributed by atoms with E-state index in [1.165, 1.54) is 0 Å². The van der Waals surface area contributed by atoms with Crippen LogP contribution < -0.4 is 20.9 Å². The Kier molecular flexibility index (Phi) is 12.4. The molecule has 1 aliphatic heterocycles. The molecule has 0 radical (unpaired) electrons. The molecule has 0 spiro atoms. The molecule has 0 bridgehead atoms. The zero-order chi connectivity index (χ0) is 28.0. The van der Waals surface area contributed by atoms with E-state index in [9.17, 15) is 13.2 Å².